The first-order valence-corrected chi connectivity index (χ1v) is 8.77. The average molecular weight is 361 g/mol. The molecule has 0 bridgehead atoms. The summed E-state index contributed by atoms with van der Waals surface area (Å²) in [6.45, 7) is 1.62. The van der Waals surface area contributed by atoms with E-state index in [0.717, 1.165) is 25.1 Å². The number of anilines is 1. The summed E-state index contributed by atoms with van der Waals surface area (Å²) in [5, 5.41) is 12.4. The highest BCUT2D eigenvalue weighted by molar-refractivity contribution is 6.32. The van der Waals surface area contributed by atoms with E-state index in [1.165, 1.54) is 18.9 Å². The zero-order chi connectivity index (χ0) is 17.3. The van der Waals surface area contributed by atoms with Gasteiger partial charge in [-0.25, -0.2) is 0 Å². The number of rotatable bonds is 4. The average Bonchev–Trinajstić information content (AvgIpc) is 2.56. The Morgan fingerprint density at radius 3 is 2.83 bits per heavy atom. The van der Waals surface area contributed by atoms with Crippen LogP contribution in [0.5, 0.6) is 5.75 Å². The molecule has 0 radical (unpaired) electrons. The Bertz CT molecular complexity index is 588. The third kappa shape index (κ3) is 3.76. The summed E-state index contributed by atoms with van der Waals surface area (Å²) in [4.78, 5) is 2.32. The lowest BCUT2D eigenvalue weighted by molar-refractivity contribution is -0.200. The molecule has 2 aliphatic rings. The number of hydrogen-bond acceptors (Lipinski definition) is 4. The number of aliphatic hydroxyl groups excluding tert-OH is 1. The highest BCUT2D eigenvalue weighted by atomic mass is 35.5. The normalized spacial score (nSPS) is 27.7. The Labute approximate surface area is 145 Å². The van der Waals surface area contributed by atoms with Crippen molar-refractivity contribution in [1.82, 2.24) is 5.32 Å². The van der Waals surface area contributed by atoms with Crippen LogP contribution < -0.4 is 15.0 Å². The summed E-state index contributed by atoms with van der Waals surface area (Å²) in [6.07, 6.45) is 1.07. The summed E-state index contributed by atoms with van der Waals surface area (Å²) in [7, 11) is 0. The van der Waals surface area contributed by atoms with Crippen LogP contribution in [0.25, 0.3) is 0 Å². The molecule has 1 saturated heterocycles. The molecule has 2 fully saturated rings. The van der Waals surface area contributed by atoms with Gasteiger partial charge < -0.3 is 20.1 Å². The number of alkyl halides is 2. The Hall–Kier alpha value is -1.11. The summed E-state index contributed by atoms with van der Waals surface area (Å²) >= 11 is 6.14. The molecular formula is C17H23ClF2N2O2. The van der Waals surface area contributed by atoms with Gasteiger partial charge in [-0.2, -0.15) is 8.78 Å². The topological polar surface area (TPSA) is 44.7 Å². The molecule has 1 aliphatic carbocycles. The van der Waals surface area contributed by atoms with E-state index in [1.54, 1.807) is 12.1 Å². The van der Waals surface area contributed by atoms with E-state index in [1.807, 2.05) is 0 Å². The Balaban J connectivity index is 1.82. The zero-order valence-electron chi connectivity index (χ0n) is 13.6. The first kappa shape index (κ1) is 17.7. The van der Waals surface area contributed by atoms with Gasteiger partial charge in [-0.15, -0.1) is 0 Å². The van der Waals surface area contributed by atoms with E-state index in [2.05, 4.69) is 21.9 Å². The van der Waals surface area contributed by atoms with E-state index in [-0.39, 0.29) is 10.8 Å². The second kappa shape index (κ2) is 7.02. The number of fused-ring (bicyclic) bond motifs is 1. The van der Waals surface area contributed by atoms with E-state index >= 15 is 0 Å². The van der Waals surface area contributed by atoms with Gasteiger partial charge in [0.2, 0.25) is 0 Å². The van der Waals surface area contributed by atoms with Gasteiger partial charge in [-0.1, -0.05) is 24.4 Å². The standard InChI is InChI=1S/C17H23ClF2N2O2/c1-11-9-22(15-5-3-2-4-14(15)21-11)12-6-7-16(13(18)8-12)24-17(19,20)10-23/h6-8,11,14-15,21,23H,2-5,9-10H2,1H3/t11-,14+,15+/m1/s1. The molecule has 24 heavy (non-hydrogen) atoms. The Kier molecular flexibility index (Phi) is 5.18. The molecule has 1 saturated carbocycles. The van der Waals surface area contributed by atoms with E-state index in [9.17, 15) is 8.78 Å². The van der Waals surface area contributed by atoms with E-state index < -0.39 is 12.7 Å². The largest absolute Gasteiger partial charge is 0.429 e. The Morgan fingerprint density at radius 1 is 1.38 bits per heavy atom. The summed E-state index contributed by atoms with van der Waals surface area (Å²) < 4.78 is 30.9. The monoisotopic (exact) mass is 360 g/mol. The van der Waals surface area contributed by atoms with Crippen molar-refractivity contribution in [3.05, 3.63) is 23.2 Å². The Morgan fingerprint density at radius 2 is 2.12 bits per heavy atom. The van der Waals surface area contributed by atoms with Gasteiger partial charge in [0.05, 0.1) is 5.02 Å². The molecule has 0 amide bonds. The minimum absolute atomic E-state index is 0.122. The first-order valence-electron chi connectivity index (χ1n) is 8.39. The first-order chi connectivity index (χ1) is 11.4. The second-order valence-corrected chi connectivity index (χ2v) is 7.10. The van der Waals surface area contributed by atoms with Crippen LogP contribution in [-0.4, -0.2) is 42.5 Å². The van der Waals surface area contributed by atoms with Crippen LogP contribution in [-0.2, 0) is 0 Å². The molecule has 3 atom stereocenters. The van der Waals surface area contributed by atoms with Crippen molar-refractivity contribution in [2.45, 2.75) is 56.8 Å². The number of nitrogens with zero attached hydrogens (tertiary/aromatic N) is 1. The third-order valence-corrected chi connectivity index (χ3v) is 5.08. The second-order valence-electron chi connectivity index (χ2n) is 6.69. The molecule has 1 aromatic carbocycles. The molecule has 7 heteroatoms. The molecule has 134 valence electrons. The highest BCUT2D eigenvalue weighted by Gasteiger charge is 2.36. The lowest BCUT2D eigenvalue weighted by Crippen LogP contribution is -2.62. The molecule has 1 aromatic rings. The van der Waals surface area contributed by atoms with Crippen LogP contribution in [0.3, 0.4) is 0 Å². The third-order valence-electron chi connectivity index (χ3n) is 4.79. The molecule has 2 N–H and O–H groups in total. The van der Waals surface area contributed by atoms with Crippen molar-refractivity contribution in [2.24, 2.45) is 0 Å². The van der Waals surface area contributed by atoms with Gasteiger partial charge in [-0.3, -0.25) is 0 Å². The van der Waals surface area contributed by atoms with Gasteiger partial charge in [0, 0.05) is 30.4 Å². The highest BCUT2D eigenvalue weighted by Crippen LogP contribution is 2.36. The summed E-state index contributed by atoms with van der Waals surface area (Å²) in [5.74, 6) is -0.122. The fraction of sp³-hybridized carbons (Fsp3) is 0.647. The SMILES string of the molecule is C[C@@H]1CN(c2ccc(OC(F)(F)CO)c(Cl)c2)[C@H]2CCCC[C@@H]2N1. The van der Waals surface area contributed by atoms with Crippen molar-refractivity contribution in [1.29, 1.82) is 0 Å². The van der Waals surface area contributed by atoms with Crippen LogP contribution in [0.4, 0.5) is 14.5 Å². The smallest absolute Gasteiger partial charge is 0.421 e. The maximum atomic E-state index is 13.2. The number of hydrogen-bond donors (Lipinski definition) is 2. The van der Waals surface area contributed by atoms with Crippen molar-refractivity contribution in [2.75, 3.05) is 18.1 Å². The lowest BCUT2D eigenvalue weighted by atomic mass is 9.86. The van der Waals surface area contributed by atoms with Gasteiger partial charge in [0.1, 0.15) is 12.4 Å². The number of benzene rings is 1. The van der Waals surface area contributed by atoms with Crippen molar-refractivity contribution in [3.63, 3.8) is 0 Å². The van der Waals surface area contributed by atoms with Crippen molar-refractivity contribution < 1.29 is 18.6 Å². The molecule has 1 aliphatic heterocycles. The predicted octanol–water partition coefficient (Wildman–Crippen LogP) is 3.41. The number of aliphatic hydroxyl groups is 1. The minimum atomic E-state index is -3.64. The van der Waals surface area contributed by atoms with Crippen LogP contribution in [0.15, 0.2) is 18.2 Å². The molecule has 0 spiro atoms. The van der Waals surface area contributed by atoms with Crippen molar-refractivity contribution in [3.8, 4) is 5.75 Å². The molecule has 3 rings (SSSR count). The van der Waals surface area contributed by atoms with E-state index in [0.29, 0.717) is 18.1 Å². The van der Waals surface area contributed by atoms with Crippen LogP contribution in [0, 0.1) is 0 Å². The predicted molar refractivity (Wildman–Crippen MR) is 90.1 cm³/mol. The lowest BCUT2D eigenvalue weighted by Gasteiger charge is -2.48. The minimum Gasteiger partial charge on any atom is -0.429 e. The van der Waals surface area contributed by atoms with Crippen LogP contribution >= 0.6 is 11.6 Å². The molecule has 4 nitrogen and oxygen atoms in total. The fourth-order valence-electron chi connectivity index (χ4n) is 3.77. The number of ether oxygens (including phenoxy) is 1. The maximum absolute atomic E-state index is 13.2. The summed E-state index contributed by atoms with van der Waals surface area (Å²) in [5.41, 5.74) is 0.921. The van der Waals surface area contributed by atoms with Gasteiger partial charge in [0.15, 0.2) is 0 Å². The summed E-state index contributed by atoms with van der Waals surface area (Å²) in [6, 6.07) is 6.10. The van der Waals surface area contributed by atoms with Crippen LogP contribution in [0.1, 0.15) is 32.6 Å². The molecule has 1 heterocycles. The number of nitrogens with one attached hydrogen (secondary N) is 1. The number of halogens is 3. The van der Waals surface area contributed by atoms with Gasteiger partial charge in [-0.05, 0) is 38.0 Å². The molecule has 0 unspecified atom stereocenters. The fourth-order valence-corrected chi connectivity index (χ4v) is 3.98. The quantitative estimate of drug-likeness (QED) is 0.863. The van der Waals surface area contributed by atoms with Gasteiger partial charge in [0.25, 0.3) is 0 Å². The zero-order valence-corrected chi connectivity index (χ0v) is 14.4. The van der Waals surface area contributed by atoms with Crippen LogP contribution in [0.2, 0.25) is 5.02 Å². The van der Waals surface area contributed by atoms with Crippen molar-refractivity contribution >= 4 is 17.3 Å². The van der Waals surface area contributed by atoms with Gasteiger partial charge >= 0.3 is 6.11 Å². The molecule has 0 aromatic heterocycles. The maximum Gasteiger partial charge on any atom is 0.421 e. The van der Waals surface area contributed by atoms with E-state index in [4.69, 9.17) is 16.7 Å². The number of piperazine rings is 1. The molecular weight excluding hydrogens is 338 g/mol.